The van der Waals surface area contributed by atoms with Crippen molar-refractivity contribution < 1.29 is 20.1 Å². The topological polar surface area (TPSA) is 98.1 Å². The van der Waals surface area contributed by atoms with E-state index in [0.717, 1.165) is 24.1 Å². The van der Waals surface area contributed by atoms with E-state index in [1.54, 1.807) is 18.2 Å². The second-order valence-electron chi connectivity index (χ2n) is 6.56. The van der Waals surface area contributed by atoms with Crippen molar-refractivity contribution in [1.82, 2.24) is 4.90 Å². The molecule has 7 heteroatoms. The smallest absolute Gasteiger partial charge is 0.337 e. The minimum atomic E-state index is -1.01. The Morgan fingerprint density at radius 1 is 0.966 bits per heavy atom. The number of hydrogen-bond acceptors (Lipinski definition) is 6. The Morgan fingerprint density at radius 3 is 2.24 bits per heavy atom. The number of carboxylic acid groups (broad SMARTS) is 1. The van der Waals surface area contributed by atoms with Gasteiger partial charge in [-0.05, 0) is 37.2 Å². The number of carboxylic acids is 1. The first-order chi connectivity index (χ1) is 14.0. The Hall–Kier alpha value is -2.32. The van der Waals surface area contributed by atoms with Gasteiger partial charge in [0.05, 0.1) is 23.5 Å². The lowest BCUT2D eigenvalue weighted by molar-refractivity contribution is 0.0699. The van der Waals surface area contributed by atoms with Crippen molar-refractivity contribution in [2.75, 3.05) is 32.8 Å². The van der Waals surface area contributed by atoms with Crippen molar-refractivity contribution in [2.45, 2.75) is 19.8 Å². The number of benzene rings is 2. The minimum absolute atomic E-state index is 0.109. The van der Waals surface area contributed by atoms with E-state index in [2.05, 4.69) is 11.8 Å². The van der Waals surface area contributed by atoms with E-state index in [1.807, 2.05) is 18.2 Å². The SMILES string of the molecule is CCCCN(CCO)CCO.O=C(O)c1cccc2c(=O)c3ccccc3sc12. The Kier molecular flexibility index (Phi) is 9.21. The molecule has 1 aromatic heterocycles. The van der Waals surface area contributed by atoms with Crippen molar-refractivity contribution in [1.29, 1.82) is 0 Å². The van der Waals surface area contributed by atoms with Gasteiger partial charge in [-0.3, -0.25) is 9.69 Å². The van der Waals surface area contributed by atoms with Gasteiger partial charge >= 0.3 is 5.97 Å². The predicted molar refractivity (Wildman–Crippen MR) is 118 cm³/mol. The summed E-state index contributed by atoms with van der Waals surface area (Å²) in [4.78, 5) is 25.5. The largest absolute Gasteiger partial charge is 0.478 e. The first-order valence-corrected chi connectivity index (χ1v) is 10.5. The molecule has 1 heterocycles. The molecule has 0 spiro atoms. The summed E-state index contributed by atoms with van der Waals surface area (Å²) < 4.78 is 1.34. The summed E-state index contributed by atoms with van der Waals surface area (Å²) in [7, 11) is 0. The van der Waals surface area contributed by atoms with Crippen LogP contribution < -0.4 is 5.43 Å². The predicted octanol–water partition coefficient (Wildman–Crippen LogP) is 3.19. The van der Waals surface area contributed by atoms with Crippen LogP contribution in [0.2, 0.25) is 0 Å². The van der Waals surface area contributed by atoms with Gasteiger partial charge in [0.2, 0.25) is 0 Å². The fourth-order valence-electron chi connectivity index (χ4n) is 2.99. The molecule has 0 unspecified atom stereocenters. The number of rotatable bonds is 8. The lowest BCUT2D eigenvalue weighted by atomic mass is 10.1. The summed E-state index contributed by atoms with van der Waals surface area (Å²) in [6.45, 7) is 4.85. The van der Waals surface area contributed by atoms with E-state index in [4.69, 9.17) is 15.3 Å². The number of carbonyl (C=O) groups is 1. The molecule has 2 aromatic carbocycles. The van der Waals surface area contributed by atoms with E-state index in [9.17, 15) is 9.59 Å². The Balaban J connectivity index is 0.000000237. The maximum Gasteiger partial charge on any atom is 0.337 e. The molecule has 6 nitrogen and oxygen atoms in total. The van der Waals surface area contributed by atoms with Gasteiger partial charge in [-0.1, -0.05) is 31.5 Å². The minimum Gasteiger partial charge on any atom is -0.478 e. The molecular weight excluding hydrogens is 390 g/mol. The third-order valence-electron chi connectivity index (χ3n) is 4.49. The molecule has 0 fully saturated rings. The molecule has 0 saturated carbocycles. The van der Waals surface area contributed by atoms with Gasteiger partial charge in [0.25, 0.3) is 0 Å². The number of unbranched alkanes of at least 4 members (excludes halogenated alkanes) is 1. The first kappa shape index (κ1) is 23.0. The number of aliphatic hydroxyl groups is 2. The highest BCUT2D eigenvalue weighted by molar-refractivity contribution is 7.24. The molecule has 0 amide bonds. The Bertz CT molecular complexity index is 995. The molecule has 0 aliphatic rings. The molecule has 0 saturated heterocycles. The molecule has 3 aromatic rings. The summed E-state index contributed by atoms with van der Waals surface area (Å²) in [5.41, 5.74) is 0.0720. The summed E-state index contributed by atoms with van der Waals surface area (Å²) in [6.07, 6.45) is 2.30. The van der Waals surface area contributed by atoms with Crippen LogP contribution in [0.4, 0.5) is 0 Å². The fraction of sp³-hybridized carbons (Fsp3) is 0.364. The molecule has 0 bridgehead atoms. The highest BCUT2D eigenvalue weighted by atomic mass is 32.1. The van der Waals surface area contributed by atoms with Crippen LogP contribution in [0.3, 0.4) is 0 Å². The van der Waals surface area contributed by atoms with E-state index < -0.39 is 5.97 Å². The molecule has 0 atom stereocenters. The van der Waals surface area contributed by atoms with Gasteiger partial charge in [0.1, 0.15) is 0 Å². The van der Waals surface area contributed by atoms with E-state index >= 15 is 0 Å². The van der Waals surface area contributed by atoms with Crippen LogP contribution in [0.25, 0.3) is 20.2 Å². The zero-order chi connectivity index (χ0) is 21.2. The number of aromatic carboxylic acids is 1. The van der Waals surface area contributed by atoms with Gasteiger partial charge in [-0.15, -0.1) is 11.3 Å². The number of fused-ring (bicyclic) bond motifs is 2. The van der Waals surface area contributed by atoms with Crippen molar-refractivity contribution in [3.05, 3.63) is 58.3 Å². The molecule has 156 valence electrons. The average Bonchev–Trinajstić information content (AvgIpc) is 2.72. The average molecular weight is 418 g/mol. The van der Waals surface area contributed by atoms with Crippen LogP contribution in [-0.2, 0) is 0 Å². The molecular formula is C22H27NO5S. The lowest BCUT2D eigenvalue weighted by Gasteiger charge is -2.19. The number of hydrogen-bond donors (Lipinski definition) is 3. The molecule has 3 N–H and O–H groups in total. The normalized spacial score (nSPS) is 10.9. The molecule has 3 rings (SSSR count). The molecule has 0 aliphatic carbocycles. The molecule has 0 radical (unpaired) electrons. The van der Waals surface area contributed by atoms with Crippen LogP contribution in [0, 0.1) is 0 Å². The third-order valence-corrected chi connectivity index (χ3v) is 5.71. The zero-order valence-electron chi connectivity index (χ0n) is 16.5. The van der Waals surface area contributed by atoms with Crippen LogP contribution in [0.5, 0.6) is 0 Å². The maximum absolute atomic E-state index is 12.3. The second-order valence-corrected chi connectivity index (χ2v) is 7.61. The van der Waals surface area contributed by atoms with Crippen LogP contribution in [0.1, 0.15) is 30.1 Å². The van der Waals surface area contributed by atoms with Gasteiger partial charge in [-0.25, -0.2) is 4.79 Å². The second kappa shape index (κ2) is 11.6. The quantitative estimate of drug-likeness (QED) is 0.487. The van der Waals surface area contributed by atoms with Gasteiger partial charge in [-0.2, -0.15) is 0 Å². The molecule has 0 aliphatic heterocycles. The number of aliphatic hydroxyl groups excluding tert-OH is 2. The molecule has 29 heavy (non-hydrogen) atoms. The zero-order valence-corrected chi connectivity index (χ0v) is 17.3. The van der Waals surface area contributed by atoms with Crippen molar-refractivity contribution in [3.8, 4) is 0 Å². The van der Waals surface area contributed by atoms with Crippen LogP contribution >= 0.6 is 11.3 Å². The van der Waals surface area contributed by atoms with E-state index in [0.29, 0.717) is 28.6 Å². The monoisotopic (exact) mass is 417 g/mol. The Morgan fingerprint density at radius 2 is 1.62 bits per heavy atom. The van der Waals surface area contributed by atoms with E-state index in [1.165, 1.54) is 17.4 Å². The maximum atomic E-state index is 12.3. The Labute approximate surface area is 173 Å². The highest BCUT2D eigenvalue weighted by Gasteiger charge is 2.12. The third kappa shape index (κ3) is 6.08. The van der Waals surface area contributed by atoms with Crippen LogP contribution in [0.15, 0.2) is 47.3 Å². The summed E-state index contributed by atoms with van der Waals surface area (Å²) in [5, 5.41) is 27.5. The fourth-order valence-corrected chi connectivity index (χ4v) is 4.17. The van der Waals surface area contributed by atoms with Crippen molar-refractivity contribution >= 4 is 37.5 Å². The van der Waals surface area contributed by atoms with Gasteiger partial charge in [0.15, 0.2) is 5.43 Å². The number of nitrogens with zero attached hydrogens (tertiary/aromatic N) is 1. The van der Waals surface area contributed by atoms with E-state index in [-0.39, 0.29) is 24.2 Å². The summed E-state index contributed by atoms with van der Waals surface area (Å²) in [6, 6.07) is 12.1. The van der Waals surface area contributed by atoms with Crippen molar-refractivity contribution in [2.24, 2.45) is 0 Å². The van der Waals surface area contributed by atoms with Crippen LogP contribution in [-0.4, -0.2) is 59.0 Å². The summed E-state index contributed by atoms with van der Waals surface area (Å²) >= 11 is 1.34. The lowest BCUT2D eigenvalue weighted by Crippen LogP contribution is -2.30. The first-order valence-electron chi connectivity index (χ1n) is 9.65. The van der Waals surface area contributed by atoms with Gasteiger partial charge in [0, 0.05) is 28.6 Å². The van der Waals surface area contributed by atoms with Crippen molar-refractivity contribution in [3.63, 3.8) is 0 Å². The summed E-state index contributed by atoms with van der Waals surface area (Å²) in [5.74, 6) is -1.01. The highest BCUT2D eigenvalue weighted by Crippen LogP contribution is 2.27. The van der Waals surface area contributed by atoms with Gasteiger partial charge < -0.3 is 15.3 Å². The standard InChI is InChI=1S/C14H8O3S.C8H19NO2/c15-12-8-4-1-2-7-11(8)18-13-9(12)5-3-6-10(13)14(16)17;1-2-3-4-9(5-7-10)6-8-11/h1-7H,(H,16,17);10-11H,2-8H2,1H3.